The summed E-state index contributed by atoms with van der Waals surface area (Å²) in [4.78, 5) is 10.5. The van der Waals surface area contributed by atoms with E-state index in [-0.39, 0.29) is 11.7 Å². The molecule has 0 fully saturated rings. The molecule has 0 aromatic heterocycles. The van der Waals surface area contributed by atoms with E-state index in [1.165, 1.54) is 18.7 Å². The average Bonchev–Trinajstić information content (AvgIpc) is 2.53. The summed E-state index contributed by atoms with van der Waals surface area (Å²) in [5, 5.41) is 14.3. The van der Waals surface area contributed by atoms with E-state index in [0.29, 0.717) is 12.3 Å². The fraction of sp³-hybridized carbons (Fsp3) is 0.250. The number of ether oxygens (including phenoxy) is 1. The molecule has 0 heterocycles. The van der Waals surface area contributed by atoms with Crippen LogP contribution in [-0.4, -0.2) is 12.0 Å². The van der Waals surface area contributed by atoms with Gasteiger partial charge in [0.05, 0.1) is 18.1 Å². The number of nitrogens with one attached hydrogen (secondary N) is 1. The van der Waals surface area contributed by atoms with E-state index in [4.69, 9.17) is 4.74 Å². The average molecular weight is 286 g/mol. The molecular weight excluding hydrogens is 268 g/mol. The van der Waals surface area contributed by atoms with Gasteiger partial charge in [0, 0.05) is 18.7 Å². The largest absolute Gasteiger partial charge is 0.496 e. The number of nitro benzene ring substituents is 1. The van der Waals surface area contributed by atoms with Crippen molar-refractivity contribution in [3.05, 3.63) is 69.8 Å². The van der Waals surface area contributed by atoms with Crippen molar-refractivity contribution in [3.8, 4) is 5.75 Å². The Bertz CT molecular complexity index is 614. The molecule has 0 bridgehead atoms. The standard InChI is InChI=1S/C16H18N2O3/c1-12(14-6-4-3-5-7-14)17-11-13-8-15(18(19)20)10-16(9-13)21-2/h3-10,12,17H,11H2,1-2H3/t12-/m0/s1. The summed E-state index contributed by atoms with van der Waals surface area (Å²) in [6, 6.07) is 15.0. The van der Waals surface area contributed by atoms with Crippen molar-refractivity contribution in [1.82, 2.24) is 5.32 Å². The van der Waals surface area contributed by atoms with Gasteiger partial charge in [-0.15, -0.1) is 0 Å². The number of benzene rings is 2. The minimum Gasteiger partial charge on any atom is -0.496 e. The number of non-ortho nitro benzene ring substituents is 1. The summed E-state index contributed by atoms with van der Waals surface area (Å²) in [6.07, 6.45) is 0. The SMILES string of the molecule is COc1cc(CN[C@@H](C)c2ccccc2)cc([N+](=O)[O-])c1. The molecule has 0 radical (unpaired) electrons. The molecule has 0 aliphatic rings. The van der Waals surface area contributed by atoms with E-state index in [2.05, 4.69) is 12.2 Å². The molecule has 0 amide bonds. The second-order valence-electron chi connectivity index (χ2n) is 4.81. The smallest absolute Gasteiger partial charge is 0.273 e. The lowest BCUT2D eigenvalue weighted by atomic mass is 10.1. The predicted molar refractivity (Wildman–Crippen MR) is 81.3 cm³/mol. The minimum absolute atomic E-state index is 0.0403. The normalized spacial score (nSPS) is 11.9. The fourth-order valence-electron chi connectivity index (χ4n) is 2.10. The van der Waals surface area contributed by atoms with Crippen LogP contribution in [0, 0.1) is 10.1 Å². The number of methoxy groups -OCH3 is 1. The highest BCUT2D eigenvalue weighted by Crippen LogP contribution is 2.23. The Balaban J connectivity index is 2.09. The number of nitro groups is 1. The van der Waals surface area contributed by atoms with Gasteiger partial charge in [-0.3, -0.25) is 10.1 Å². The van der Waals surface area contributed by atoms with E-state index in [1.807, 2.05) is 30.3 Å². The molecule has 2 rings (SSSR count). The highest BCUT2D eigenvalue weighted by molar-refractivity contribution is 5.42. The van der Waals surface area contributed by atoms with Crippen LogP contribution in [0.2, 0.25) is 0 Å². The van der Waals surface area contributed by atoms with Crippen molar-refractivity contribution in [2.75, 3.05) is 7.11 Å². The van der Waals surface area contributed by atoms with Gasteiger partial charge in [0.2, 0.25) is 0 Å². The molecule has 110 valence electrons. The lowest BCUT2D eigenvalue weighted by Gasteiger charge is -2.14. The molecule has 0 saturated carbocycles. The molecule has 2 aromatic carbocycles. The van der Waals surface area contributed by atoms with Gasteiger partial charge in [0.1, 0.15) is 5.75 Å². The summed E-state index contributed by atoms with van der Waals surface area (Å²) in [5.74, 6) is 0.494. The van der Waals surface area contributed by atoms with Crippen LogP contribution in [-0.2, 0) is 6.54 Å². The van der Waals surface area contributed by atoms with Crippen LogP contribution in [0.25, 0.3) is 0 Å². The van der Waals surface area contributed by atoms with Gasteiger partial charge < -0.3 is 10.1 Å². The fourth-order valence-corrected chi connectivity index (χ4v) is 2.10. The topological polar surface area (TPSA) is 64.4 Å². The first-order chi connectivity index (χ1) is 10.1. The Morgan fingerprint density at radius 2 is 1.95 bits per heavy atom. The molecule has 5 nitrogen and oxygen atoms in total. The Morgan fingerprint density at radius 1 is 1.24 bits per heavy atom. The first-order valence-corrected chi connectivity index (χ1v) is 6.71. The van der Waals surface area contributed by atoms with Crippen molar-refractivity contribution < 1.29 is 9.66 Å². The number of hydrogen-bond acceptors (Lipinski definition) is 4. The first kappa shape index (κ1) is 15.0. The van der Waals surface area contributed by atoms with Gasteiger partial charge in [-0.1, -0.05) is 30.3 Å². The zero-order valence-corrected chi connectivity index (χ0v) is 12.1. The molecule has 1 N–H and O–H groups in total. The van der Waals surface area contributed by atoms with Crippen molar-refractivity contribution in [3.63, 3.8) is 0 Å². The van der Waals surface area contributed by atoms with Gasteiger partial charge in [0.25, 0.3) is 5.69 Å². The molecule has 0 unspecified atom stereocenters. The number of rotatable bonds is 6. The lowest BCUT2D eigenvalue weighted by Crippen LogP contribution is -2.18. The summed E-state index contributed by atoms with van der Waals surface area (Å²) < 4.78 is 5.10. The Labute approximate surface area is 123 Å². The first-order valence-electron chi connectivity index (χ1n) is 6.71. The highest BCUT2D eigenvalue weighted by atomic mass is 16.6. The van der Waals surface area contributed by atoms with Crippen LogP contribution >= 0.6 is 0 Å². The molecule has 0 aliphatic heterocycles. The molecule has 1 atom stereocenters. The molecule has 0 saturated heterocycles. The van der Waals surface area contributed by atoms with Crippen LogP contribution < -0.4 is 10.1 Å². The van der Waals surface area contributed by atoms with Gasteiger partial charge in [0.15, 0.2) is 0 Å². The van der Waals surface area contributed by atoms with Crippen molar-refractivity contribution in [2.45, 2.75) is 19.5 Å². The van der Waals surface area contributed by atoms with E-state index in [0.717, 1.165) is 5.56 Å². The summed E-state index contributed by atoms with van der Waals surface area (Å²) >= 11 is 0. The van der Waals surface area contributed by atoms with Gasteiger partial charge in [-0.05, 0) is 24.1 Å². The summed E-state index contributed by atoms with van der Waals surface area (Å²) in [7, 11) is 1.50. The van der Waals surface area contributed by atoms with Gasteiger partial charge >= 0.3 is 0 Å². The van der Waals surface area contributed by atoms with Crippen LogP contribution in [0.3, 0.4) is 0 Å². The number of hydrogen-bond donors (Lipinski definition) is 1. The van der Waals surface area contributed by atoms with Gasteiger partial charge in [-0.2, -0.15) is 0 Å². The second kappa shape index (κ2) is 6.85. The molecule has 21 heavy (non-hydrogen) atoms. The Hall–Kier alpha value is -2.40. The second-order valence-corrected chi connectivity index (χ2v) is 4.81. The van der Waals surface area contributed by atoms with E-state index >= 15 is 0 Å². The zero-order chi connectivity index (χ0) is 15.2. The third kappa shape index (κ3) is 4.03. The summed E-state index contributed by atoms with van der Waals surface area (Å²) in [5.41, 5.74) is 2.04. The van der Waals surface area contributed by atoms with E-state index in [1.54, 1.807) is 12.1 Å². The molecule has 5 heteroatoms. The maximum Gasteiger partial charge on any atom is 0.273 e. The minimum atomic E-state index is -0.410. The Morgan fingerprint density at radius 3 is 2.57 bits per heavy atom. The predicted octanol–water partition coefficient (Wildman–Crippen LogP) is 3.45. The Kier molecular flexibility index (Phi) is 4.90. The molecule has 0 spiro atoms. The van der Waals surface area contributed by atoms with Crippen molar-refractivity contribution in [1.29, 1.82) is 0 Å². The highest BCUT2D eigenvalue weighted by Gasteiger charge is 2.11. The van der Waals surface area contributed by atoms with Crippen molar-refractivity contribution in [2.24, 2.45) is 0 Å². The monoisotopic (exact) mass is 286 g/mol. The molecule has 0 aliphatic carbocycles. The third-order valence-electron chi connectivity index (χ3n) is 3.31. The molecule has 2 aromatic rings. The lowest BCUT2D eigenvalue weighted by molar-refractivity contribution is -0.385. The zero-order valence-electron chi connectivity index (χ0n) is 12.1. The van der Waals surface area contributed by atoms with Crippen LogP contribution in [0.15, 0.2) is 48.5 Å². The maximum atomic E-state index is 10.9. The van der Waals surface area contributed by atoms with Crippen molar-refractivity contribution >= 4 is 5.69 Å². The van der Waals surface area contributed by atoms with Crippen LogP contribution in [0.4, 0.5) is 5.69 Å². The molecular formula is C16H18N2O3. The van der Waals surface area contributed by atoms with Gasteiger partial charge in [-0.25, -0.2) is 0 Å². The van der Waals surface area contributed by atoms with Crippen LogP contribution in [0.1, 0.15) is 24.1 Å². The summed E-state index contributed by atoms with van der Waals surface area (Å²) in [6.45, 7) is 2.60. The quantitative estimate of drug-likeness (QED) is 0.652. The maximum absolute atomic E-state index is 10.9. The number of nitrogens with zero attached hydrogens (tertiary/aromatic N) is 1. The van der Waals surface area contributed by atoms with Crippen LogP contribution in [0.5, 0.6) is 5.75 Å². The van der Waals surface area contributed by atoms with E-state index in [9.17, 15) is 10.1 Å². The van der Waals surface area contributed by atoms with E-state index < -0.39 is 4.92 Å². The third-order valence-corrected chi connectivity index (χ3v) is 3.31.